The van der Waals surface area contributed by atoms with E-state index in [1.165, 1.54) is 5.56 Å². The number of likely N-dealkylation sites (tertiary alicyclic amines) is 1. The number of fused-ring (bicyclic) bond motifs is 1. The first-order chi connectivity index (χ1) is 15.6. The van der Waals surface area contributed by atoms with Crippen molar-refractivity contribution in [1.82, 2.24) is 15.8 Å². The molecule has 1 aliphatic rings. The first kappa shape index (κ1) is 21.8. The van der Waals surface area contributed by atoms with E-state index in [4.69, 9.17) is 4.74 Å². The quantitative estimate of drug-likeness (QED) is 0.585. The first-order valence-electron chi connectivity index (χ1n) is 11.1. The first-order valence-corrected chi connectivity index (χ1v) is 11.1. The molecule has 1 saturated heterocycles. The lowest BCUT2D eigenvalue weighted by Crippen LogP contribution is -2.51. The fraction of sp³-hybridized carbons (Fsp3) is 0.308. The summed E-state index contributed by atoms with van der Waals surface area (Å²) in [5.74, 6) is -0.0801. The topological polar surface area (TPSA) is 70.7 Å². The highest BCUT2D eigenvalue weighted by Crippen LogP contribution is 2.22. The van der Waals surface area contributed by atoms with E-state index in [1.807, 2.05) is 60.7 Å². The van der Waals surface area contributed by atoms with Gasteiger partial charge in [-0.05, 0) is 54.8 Å². The molecule has 0 bridgehead atoms. The number of carbonyl (C=O) groups is 2. The van der Waals surface area contributed by atoms with Crippen LogP contribution in [-0.4, -0.2) is 35.9 Å². The minimum Gasteiger partial charge on any atom is -0.481 e. The van der Waals surface area contributed by atoms with Crippen LogP contribution in [0.4, 0.5) is 0 Å². The summed E-state index contributed by atoms with van der Waals surface area (Å²) in [6.45, 7) is 4.15. The smallest absolute Gasteiger partial charge is 0.279 e. The number of hydrazine groups is 1. The van der Waals surface area contributed by atoms with Crippen molar-refractivity contribution < 1.29 is 14.3 Å². The molecule has 0 spiro atoms. The number of nitrogens with one attached hydrogen (secondary N) is 2. The van der Waals surface area contributed by atoms with Crippen LogP contribution < -0.4 is 15.6 Å². The third-order valence-corrected chi connectivity index (χ3v) is 5.84. The maximum absolute atomic E-state index is 12.6. The minimum atomic E-state index is -0.739. The fourth-order valence-corrected chi connectivity index (χ4v) is 4.08. The van der Waals surface area contributed by atoms with Crippen LogP contribution in [0.1, 0.15) is 25.3 Å². The Bertz CT molecular complexity index is 1070. The van der Waals surface area contributed by atoms with Gasteiger partial charge in [-0.25, -0.2) is 0 Å². The monoisotopic (exact) mass is 431 g/mol. The van der Waals surface area contributed by atoms with Crippen LogP contribution in [0.15, 0.2) is 72.8 Å². The van der Waals surface area contributed by atoms with E-state index in [-0.39, 0.29) is 17.7 Å². The molecular formula is C26H29N3O3. The van der Waals surface area contributed by atoms with Crippen LogP contribution >= 0.6 is 0 Å². The molecule has 166 valence electrons. The van der Waals surface area contributed by atoms with Crippen molar-refractivity contribution in [2.45, 2.75) is 32.4 Å². The van der Waals surface area contributed by atoms with Crippen molar-refractivity contribution in [2.24, 2.45) is 5.92 Å². The number of rotatable bonds is 6. The van der Waals surface area contributed by atoms with Gasteiger partial charge in [-0.15, -0.1) is 0 Å². The van der Waals surface area contributed by atoms with Crippen LogP contribution in [0.5, 0.6) is 5.75 Å². The summed E-state index contributed by atoms with van der Waals surface area (Å²) >= 11 is 0. The molecule has 1 fully saturated rings. The summed E-state index contributed by atoms with van der Waals surface area (Å²) in [5, 5.41) is 2.15. The summed E-state index contributed by atoms with van der Waals surface area (Å²) in [7, 11) is 0. The Hall–Kier alpha value is -3.38. The van der Waals surface area contributed by atoms with Crippen LogP contribution in [0, 0.1) is 5.92 Å². The molecular weight excluding hydrogens is 402 g/mol. The van der Waals surface area contributed by atoms with E-state index in [0.717, 1.165) is 36.7 Å². The SMILES string of the molecule is CC(Oc1ccc2ccccc2c1)C(=O)NNC(=O)C1CCCN(Cc2ccccc2)C1. The Kier molecular flexibility index (Phi) is 7.02. The number of hydrogen-bond donors (Lipinski definition) is 2. The van der Waals surface area contributed by atoms with Gasteiger partial charge in [0.05, 0.1) is 5.92 Å². The second-order valence-corrected chi connectivity index (χ2v) is 8.31. The summed E-state index contributed by atoms with van der Waals surface area (Å²) in [5.41, 5.74) is 6.34. The van der Waals surface area contributed by atoms with Gasteiger partial charge in [0.25, 0.3) is 5.91 Å². The van der Waals surface area contributed by atoms with E-state index in [9.17, 15) is 9.59 Å². The molecule has 0 saturated carbocycles. The maximum Gasteiger partial charge on any atom is 0.279 e. The zero-order chi connectivity index (χ0) is 22.3. The van der Waals surface area contributed by atoms with Gasteiger partial charge in [0.2, 0.25) is 5.91 Å². The minimum absolute atomic E-state index is 0.149. The Morgan fingerprint density at radius 2 is 1.75 bits per heavy atom. The van der Waals surface area contributed by atoms with Gasteiger partial charge < -0.3 is 4.74 Å². The molecule has 2 N–H and O–H groups in total. The largest absolute Gasteiger partial charge is 0.481 e. The molecule has 1 aliphatic heterocycles. The van der Waals surface area contributed by atoms with Crippen LogP contribution in [0.3, 0.4) is 0 Å². The summed E-state index contributed by atoms with van der Waals surface area (Å²) in [4.78, 5) is 27.4. The Morgan fingerprint density at radius 3 is 2.56 bits per heavy atom. The van der Waals surface area contributed by atoms with Gasteiger partial charge in [-0.3, -0.25) is 25.3 Å². The number of hydrogen-bond acceptors (Lipinski definition) is 4. The predicted molar refractivity (Wildman–Crippen MR) is 125 cm³/mol. The zero-order valence-electron chi connectivity index (χ0n) is 18.3. The lowest BCUT2D eigenvalue weighted by molar-refractivity contribution is -0.135. The van der Waals surface area contributed by atoms with Gasteiger partial charge in [0, 0.05) is 13.1 Å². The van der Waals surface area contributed by atoms with Crippen molar-refractivity contribution in [1.29, 1.82) is 0 Å². The summed E-state index contributed by atoms with van der Waals surface area (Å²) in [6.07, 6.45) is 1.04. The maximum atomic E-state index is 12.6. The molecule has 6 heteroatoms. The molecule has 1 heterocycles. The number of nitrogens with zero attached hydrogens (tertiary/aromatic N) is 1. The average Bonchev–Trinajstić information content (AvgIpc) is 2.83. The molecule has 3 aromatic rings. The molecule has 4 rings (SSSR count). The average molecular weight is 432 g/mol. The molecule has 32 heavy (non-hydrogen) atoms. The summed E-state index contributed by atoms with van der Waals surface area (Å²) < 4.78 is 5.77. The van der Waals surface area contributed by atoms with Crippen molar-refractivity contribution >= 4 is 22.6 Å². The van der Waals surface area contributed by atoms with E-state index < -0.39 is 6.10 Å². The second-order valence-electron chi connectivity index (χ2n) is 8.31. The van der Waals surface area contributed by atoms with Crippen molar-refractivity contribution in [3.05, 3.63) is 78.4 Å². The summed E-state index contributed by atoms with van der Waals surface area (Å²) in [6, 6.07) is 23.9. The molecule has 0 radical (unpaired) electrons. The van der Waals surface area contributed by atoms with E-state index >= 15 is 0 Å². The van der Waals surface area contributed by atoms with Gasteiger partial charge in [-0.1, -0.05) is 60.7 Å². The number of ether oxygens (including phenoxy) is 1. The Morgan fingerprint density at radius 1 is 1.00 bits per heavy atom. The molecule has 0 aliphatic carbocycles. The molecule has 2 amide bonds. The third kappa shape index (κ3) is 5.65. The molecule has 2 atom stereocenters. The van der Waals surface area contributed by atoms with E-state index in [1.54, 1.807) is 6.92 Å². The number of carbonyl (C=O) groups excluding carboxylic acids is 2. The highest BCUT2D eigenvalue weighted by molar-refractivity contribution is 5.86. The standard InChI is InChI=1S/C26H29N3O3/c1-19(32-24-14-13-21-10-5-6-11-22(21)16-24)25(30)27-28-26(31)23-12-7-15-29(18-23)17-20-8-3-2-4-9-20/h2-6,8-11,13-14,16,19,23H,7,12,15,17-18H2,1H3,(H,27,30)(H,28,31). The fourth-order valence-electron chi connectivity index (χ4n) is 4.08. The highest BCUT2D eigenvalue weighted by Gasteiger charge is 2.26. The van der Waals surface area contributed by atoms with Crippen molar-refractivity contribution in [3.8, 4) is 5.75 Å². The normalized spacial score (nSPS) is 17.5. The number of piperidine rings is 1. The zero-order valence-corrected chi connectivity index (χ0v) is 18.3. The second kappa shape index (κ2) is 10.3. The van der Waals surface area contributed by atoms with Crippen molar-refractivity contribution in [3.63, 3.8) is 0 Å². The number of amides is 2. The molecule has 2 unspecified atom stereocenters. The Balaban J connectivity index is 1.25. The lowest BCUT2D eigenvalue weighted by atomic mass is 9.97. The predicted octanol–water partition coefficient (Wildman–Crippen LogP) is 3.67. The molecule has 0 aromatic heterocycles. The highest BCUT2D eigenvalue weighted by atomic mass is 16.5. The van der Waals surface area contributed by atoms with Gasteiger partial charge in [-0.2, -0.15) is 0 Å². The van der Waals surface area contributed by atoms with E-state index in [2.05, 4.69) is 27.9 Å². The third-order valence-electron chi connectivity index (χ3n) is 5.84. The van der Waals surface area contributed by atoms with Gasteiger partial charge in [0.15, 0.2) is 6.10 Å². The van der Waals surface area contributed by atoms with Gasteiger partial charge >= 0.3 is 0 Å². The van der Waals surface area contributed by atoms with Crippen molar-refractivity contribution in [2.75, 3.05) is 13.1 Å². The molecule has 6 nitrogen and oxygen atoms in total. The Labute approximate surface area is 188 Å². The van der Waals surface area contributed by atoms with Gasteiger partial charge in [0.1, 0.15) is 5.75 Å². The van der Waals surface area contributed by atoms with Crippen LogP contribution in [-0.2, 0) is 16.1 Å². The lowest BCUT2D eigenvalue weighted by Gasteiger charge is -2.32. The van der Waals surface area contributed by atoms with E-state index in [0.29, 0.717) is 12.3 Å². The van der Waals surface area contributed by atoms with Crippen LogP contribution in [0.2, 0.25) is 0 Å². The molecule has 3 aromatic carbocycles. The number of benzene rings is 3. The van der Waals surface area contributed by atoms with Crippen LogP contribution in [0.25, 0.3) is 10.8 Å².